The van der Waals surface area contributed by atoms with Crippen molar-refractivity contribution in [3.8, 4) is 0 Å². The third kappa shape index (κ3) is 6.05. The summed E-state index contributed by atoms with van der Waals surface area (Å²) in [5.74, 6) is 1.000. The van der Waals surface area contributed by atoms with Crippen molar-refractivity contribution in [1.82, 2.24) is 10.2 Å². The molecular formula is C16H27N3O2S. The number of nitrogens with one attached hydrogen (secondary N) is 1. The summed E-state index contributed by atoms with van der Waals surface area (Å²) in [6.45, 7) is 4.90. The van der Waals surface area contributed by atoms with Gasteiger partial charge in [0.2, 0.25) is 0 Å². The van der Waals surface area contributed by atoms with Gasteiger partial charge in [-0.2, -0.15) is 0 Å². The Bertz CT molecular complexity index is 580. The predicted octanol–water partition coefficient (Wildman–Crippen LogP) is 1.69. The van der Waals surface area contributed by atoms with Crippen LogP contribution in [0, 0.1) is 0 Å². The second-order valence-electron chi connectivity index (χ2n) is 5.24. The molecule has 0 heterocycles. The number of rotatable bonds is 7. The highest BCUT2D eigenvalue weighted by atomic mass is 32.2. The van der Waals surface area contributed by atoms with Crippen molar-refractivity contribution in [2.24, 2.45) is 4.99 Å². The number of nitrogens with zero attached hydrogens (tertiary/aromatic N) is 2. The van der Waals surface area contributed by atoms with E-state index in [0.717, 1.165) is 13.0 Å². The van der Waals surface area contributed by atoms with Gasteiger partial charge in [-0.05, 0) is 17.5 Å². The first-order valence-electron chi connectivity index (χ1n) is 7.61. The standard InChI is InChI=1S/C16H27N3O2S/c1-5-14-7-9-15(10-8-14)13-19(4)16(17-3)18-11-12-22(20,21)6-2/h7-10H,5-6,11-13H2,1-4H3,(H,17,18). The van der Waals surface area contributed by atoms with Gasteiger partial charge in [0.05, 0.1) is 5.75 Å². The Morgan fingerprint density at radius 2 is 1.77 bits per heavy atom. The maximum atomic E-state index is 11.5. The third-order valence-electron chi connectivity index (χ3n) is 3.56. The van der Waals surface area contributed by atoms with Crippen LogP contribution in [0.3, 0.4) is 0 Å². The molecule has 0 spiro atoms. The summed E-state index contributed by atoms with van der Waals surface area (Å²) >= 11 is 0. The van der Waals surface area contributed by atoms with Crippen LogP contribution in [-0.4, -0.2) is 51.4 Å². The monoisotopic (exact) mass is 325 g/mol. The Kier molecular flexibility index (Phi) is 7.38. The van der Waals surface area contributed by atoms with Crippen molar-refractivity contribution >= 4 is 15.8 Å². The first-order valence-corrected chi connectivity index (χ1v) is 9.44. The molecule has 0 amide bonds. The summed E-state index contributed by atoms with van der Waals surface area (Å²) in [6.07, 6.45) is 1.03. The number of guanidine groups is 1. The molecule has 1 aromatic carbocycles. The van der Waals surface area contributed by atoms with Crippen LogP contribution < -0.4 is 5.32 Å². The Morgan fingerprint density at radius 3 is 2.27 bits per heavy atom. The molecule has 6 heteroatoms. The summed E-state index contributed by atoms with van der Waals surface area (Å²) in [4.78, 5) is 6.19. The molecule has 1 aromatic rings. The Morgan fingerprint density at radius 1 is 1.18 bits per heavy atom. The maximum Gasteiger partial charge on any atom is 0.193 e. The summed E-state index contributed by atoms with van der Waals surface area (Å²) < 4.78 is 23.0. The molecule has 0 fully saturated rings. The zero-order valence-electron chi connectivity index (χ0n) is 14.0. The van der Waals surface area contributed by atoms with Crippen LogP contribution in [0.2, 0.25) is 0 Å². The lowest BCUT2D eigenvalue weighted by atomic mass is 10.1. The first kappa shape index (κ1) is 18.5. The number of benzene rings is 1. The molecule has 0 unspecified atom stereocenters. The van der Waals surface area contributed by atoms with Crippen LogP contribution >= 0.6 is 0 Å². The van der Waals surface area contributed by atoms with E-state index >= 15 is 0 Å². The van der Waals surface area contributed by atoms with Crippen LogP contribution in [0.1, 0.15) is 25.0 Å². The van der Waals surface area contributed by atoms with Crippen molar-refractivity contribution in [3.63, 3.8) is 0 Å². The molecule has 1 N–H and O–H groups in total. The molecule has 0 aliphatic rings. The number of sulfone groups is 1. The SMILES string of the molecule is CCc1ccc(CN(C)C(=NC)NCCS(=O)(=O)CC)cc1. The van der Waals surface area contributed by atoms with E-state index in [1.165, 1.54) is 11.1 Å². The average Bonchev–Trinajstić information content (AvgIpc) is 2.52. The molecule has 0 saturated heterocycles. The third-order valence-corrected chi connectivity index (χ3v) is 5.27. The highest BCUT2D eigenvalue weighted by Gasteiger charge is 2.10. The zero-order chi connectivity index (χ0) is 16.6. The van der Waals surface area contributed by atoms with Gasteiger partial charge in [0.25, 0.3) is 0 Å². The lowest BCUT2D eigenvalue weighted by Gasteiger charge is -2.22. The number of aliphatic imine (C=N–C) groups is 1. The van der Waals surface area contributed by atoms with Crippen LogP contribution in [0.15, 0.2) is 29.3 Å². The molecule has 0 aliphatic heterocycles. The molecule has 1 rings (SSSR count). The molecule has 0 bridgehead atoms. The Hall–Kier alpha value is -1.56. The van der Waals surface area contributed by atoms with Gasteiger partial charge in [-0.1, -0.05) is 38.1 Å². The minimum atomic E-state index is -2.95. The predicted molar refractivity (Wildman–Crippen MR) is 93.0 cm³/mol. The normalized spacial score (nSPS) is 12.3. The van der Waals surface area contributed by atoms with Gasteiger partial charge in [0.15, 0.2) is 15.8 Å². The largest absolute Gasteiger partial charge is 0.355 e. The van der Waals surface area contributed by atoms with Gasteiger partial charge >= 0.3 is 0 Å². The number of hydrogen-bond donors (Lipinski definition) is 1. The average molecular weight is 325 g/mol. The van der Waals surface area contributed by atoms with Crippen molar-refractivity contribution in [2.45, 2.75) is 26.8 Å². The molecule has 0 saturated carbocycles. The highest BCUT2D eigenvalue weighted by molar-refractivity contribution is 7.91. The van der Waals surface area contributed by atoms with Gasteiger partial charge in [-0.15, -0.1) is 0 Å². The van der Waals surface area contributed by atoms with Crippen molar-refractivity contribution in [1.29, 1.82) is 0 Å². The van der Waals surface area contributed by atoms with Crippen LogP contribution in [0.4, 0.5) is 0 Å². The van der Waals surface area contributed by atoms with Crippen LogP contribution in [-0.2, 0) is 22.8 Å². The molecule has 0 aromatic heterocycles. The lowest BCUT2D eigenvalue weighted by molar-refractivity contribution is 0.478. The Balaban J connectivity index is 2.55. The van der Waals surface area contributed by atoms with Crippen LogP contribution in [0.5, 0.6) is 0 Å². The van der Waals surface area contributed by atoms with E-state index in [9.17, 15) is 8.42 Å². The Labute approximate surface area is 134 Å². The molecule has 124 valence electrons. The fourth-order valence-corrected chi connectivity index (χ4v) is 2.78. The van der Waals surface area contributed by atoms with E-state index in [2.05, 4.69) is 41.5 Å². The molecule has 0 aliphatic carbocycles. The summed E-state index contributed by atoms with van der Waals surface area (Å²) in [7, 11) is 0.692. The summed E-state index contributed by atoms with van der Waals surface area (Å²) in [5.41, 5.74) is 2.52. The fourth-order valence-electron chi connectivity index (χ4n) is 2.08. The van der Waals surface area contributed by atoms with Gasteiger partial charge in [-0.25, -0.2) is 8.42 Å². The number of hydrogen-bond acceptors (Lipinski definition) is 3. The second-order valence-corrected chi connectivity index (χ2v) is 7.71. The quantitative estimate of drug-likeness (QED) is 0.612. The molecule has 0 radical (unpaired) electrons. The fraction of sp³-hybridized carbons (Fsp3) is 0.562. The van der Waals surface area contributed by atoms with Gasteiger partial charge in [0.1, 0.15) is 0 Å². The number of aryl methyl sites for hydroxylation is 1. The maximum absolute atomic E-state index is 11.5. The van der Waals surface area contributed by atoms with E-state index in [1.807, 2.05) is 11.9 Å². The molecule has 0 atom stereocenters. The lowest BCUT2D eigenvalue weighted by Crippen LogP contribution is -2.40. The summed E-state index contributed by atoms with van der Waals surface area (Å²) in [6, 6.07) is 8.49. The first-order chi connectivity index (χ1) is 10.4. The van der Waals surface area contributed by atoms with Crippen molar-refractivity contribution in [3.05, 3.63) is 35.4 Å². The molecule has 5 nitrogen and oxygen atoms in total. The van der Waals surface area contributed by atoms with E-state index < -0.39 is 9.84 Å². The van der Waals surface area contributed by atoms with E-state index in [1.54, 1.807) is 14.0 Å². The van der Waals surface area contributed by atoms with E-state index in [4.69, 9.17) is 0 Å². The van der Waals surface area contributed by atoms with Gasteiger partial charge < -0.3 is 10.2 Å². The second kappa shape index (κ2) is 8.78. The summed E-state index contributed by atoms with van der Waals surface area (Å²) in [5, 5.41) is 3.10. The zero-order valence-corrected chi connectivity index (χ0v) is 14.8. The van der Waals surface area contributed by atoms with E-state index in [0.29, 0.717) is 12.5 Å². The molecule has 22 heavy (non-hydrogen) atoms. The minimum Gasteiger partial charge on any atom is -0.355 e. The highest BCUT2D eigenvalue weighted by Crippen LogP contribution is 2.07. The van der Waals surface area contributed by atoms with Crippen molar-refractivity contribution in [2.75, 3.05) is 32.1 Å². The van der Waals surface area contributed by atoms with E-state index in [-0.39, 0.29) is 11.5 Å². The van der Waals surface area contributed by atoms with Crippen LogP contribution in [0.25, 0.3) is 0 Å². The van der Waals surface area contributed by atoms with Gasteiger partial charge in [0, 0.05) is 32.9 Å². The smallest absolute Gasteiger partial charge is 0.193 e. The topological polar surface area (TPSA) is 61.8 Å². The minimum absolute atomic E-state index is 0.127. The van der Waals surface area contributed by atoms with Crippen molar-refractivity contribution < 1.29 is 8.42 Å². The molecular weight excluding hydrogens is 298 g/mol. The van der Waals surface area contributed by atoms with Gasteiger partial charge in [-0.3, -0.25) is 4.99 Å².